The summed E-state index contributed by atoms with van der Waals surface area (Å²) in [5.74, 6) is 0.188. The molecule has 0 heterocycles. The van der Waals surface area contributed by atoms with Gasteiger partial charge in [-0.15, -0.1) is 0 Å². The van der Waals surface area contributed by atoms with Crippen molar-refractivity contribution in [1.82, 2.24) is 5.43 Å². The molecule has 3 aromatic rings. The Morgan fingerprint density at radius 1 is 1.14 bits per heavy atom. The van der Waals surface area contributed by atoms with E-state index in [-0.39, 0.29) is 5.56 Å². The van der Waals surface area contributed by atoms with Crippen LogP contribution < -0.4 is 14.9 Å². The molecule has 0 aliphatic heterocycles. The second-order valence-electron chi connectivity index (χ2n) is 7.61. The summed E-state index contributed by atoms with van der Waals surface area (Å²) in [5.41, 5.74) is 1.59. The average molecular weight is 580 g/mol. The summed E-state index contributed by atoms with van der Waals surface area (Å²) in [5, 5.41) is 15.0. The Morgan fingerprint density at radius 3 is 2.51 bits per heavy atom. The van der Waals surface area contributed by atoms with Crippen LogP contribution in [0.2, 0.25) is 0 Å². The first-order chi connectivity index (χ1) is 17.6. The number of hydrogen-bond acceptors (Lipinski definition) is 6. The van der Waals surface area contributed by atoms with Gasteiger partial charge in [0.25, 0.3) is 5.69 Å². The van der Waals surface area contributed by atoms with Gasteiger partial charge in [0.05, 0.1) is 34.2 Å². The minimum absolute atomic E-state index is 0.174. The van der Waals surface area contributed by atoms with Gasteiger partial charge in [0, 0.05) is 11.6 Å². The molecule has 3 aromatic carbocycles. The van der Waals surface area contributed by atoms with Gasteiger partial charge >= 0.3 is 6.18 Å². The molecule has 0 unspecified atom stereocenters. The van der Waals surface area contributed by atoms with E-state index in [0.29, 0.717) is 46.9 Å². The van der Waals surface area contributed by atoms with Crippen molar-refractivity contribution in [1.29, 1.82) is 0 Å². The number of benzene rings is 3. The van der Waals surface area contributed by atoms with Gasteiger partial charge in [0.1, 0.15) is 6.61 Å². The van der Waals surface area contributed by atoms with E-state index in [9.17, 15) is 28.1 Å². The number of alkyl halides is 3. The molecule has 0 saturated heterocycles. The molecule has 3 rings (SSSR count). The fourth-order valence-electron chi connectivity index (χ4n) is 3.25. The molecule has 0 aliphatic rings. The predicted octanol–water partition coefficient (Wildman–Crippen LogP) is 6.05. The summed E-state index contributed by atoms with van der Waals surface area (Å²) in [6.45, 7) is 2.51. The minimum Gasteiger partial charge on any atom is -0.490 e. The van der Waals surface area contributed by atoms with Crippen molar-refractivity contribution in [3.8, 4) is 11.5 Å². The van der Waals surface area contributed by atoms with Crippen molar-refractivity contribution in [2.45, 2.75) is 26.1 Å². The number of rotatable bonds is 10. The van der Waals surface area contributed by atoms with Crippen LogP contribution in [0.4, 0.5) is 18.9 Å². The highest BCUT2D eigenvalue weighted by Crippen LogP contribution is 2.37. The molecule has 0 spiro atoms. The first-order valence-corrected chi connectivity index (χ1v) is 11.7. The van der Waals surface area contributed by atoms with Gasteiger partial charge in [-0.2, -0.15) is 18.3 Å². The molecular formula is C25H21BrF3N3O5. The summed E-state index contributed by atoms with van der Waals surface area (Å²) >= 11 is 3.45. The fraction of sp³-hybridized carbons (Fsp3) is 0.200. The molecule has 37 heavy (non-hydrogen) atoms. The lowest BCUT2D eigenvalue weighted by atomic mass is 10.1. The van der Waals surface area contributed by atoms with Crippen LogP contribution in [0.3, 0.4) is 0 Å². The third-order valence-electron chi connectivity index (χ3n) is 4.92. The third kappa shape index (κ3) is 7.78. The van der Waals surface area contributed by atoms with Gasteiger partial charge in [-0.1, -0.05) is 36.4 Å². The fourth-order valence-corrected chi connectivity index (χ4v) is 3.82. The Bertz CT molecular complexity index is 1300. The van der Waals surface area contributed by atoms with Crippen LogP contribution in [0.5, 0.6) is 11.5 Å². The maximum Gasteiger partial charge on any atom is 0.416 e. The highest BCUT2D eigenvalue weighted by atomic mass is 79.9. The van der Waals surface area contributed by atoms with Crippen LogP contribution >= 0.6 is 15.9 Å². The number of halogens is 4. The lowest BCUT2D eigenvalue weighted by Gasteiger charge is -2.14. The summed E-state index contributed by atoms with van der Waals surface area (Å²) < 4.78 is 50.8. The molecule has 1 N–H and O–H groups in total. The molecule has 0 aliphatic carbocycles. The highest BCUT2D eigenvalue weighted by molar-refractivity contribution is 9.10. The smallest absolute Gasteiger partial charge is 0.416 e. The van der Waals surface area contributed by atoms with Crippen molar-refractivity contribution in [2.75, 3.05) is 6.61 Å². The van der Waals surface area contributed by atoms with Crippen molar-refractivity contribution < 1.29 is 32.4 Å². The monoisotopic (exact) mass is 579 g/mol. The molecular weight excluding hydrogens is 559 g/mol. The summed E-state index contributed by atoms with van der Waals surface area (Å²) in [6, 6.07) is 14.9. The van der Waals surface area contributed by atoms with E-state index in [2.05, 4.69) is 26.5 Å². The molecule has 0 atom stereocenters. The van der Waals surface area contributed by atoms with E-state index in [1.54, 1.807) is 12.1 Å². The first-order valence-electron chi connectivity index (χ1n) is 10.9. The van der Waals surface area contributed by atoms with Crippen LogP contribution in [-0.2, 0) is 24.0 Å². The highest BCUT2D eigenvalue weighted by Gasteiger charge is 2.33. The minimum atomic E-state index is -4.74. The van der Waals surface area contributed by atoms with Gasteiger partial charge < -0.3 is 9.47 Å². The van der Waals surface area contributed by atoms with Gasteiger partial charge in [-0.3, -0.25) is 14.9 Å². The number of nitro groups is 1. The normalized spacial score (nSPS) is 11.4. The number of amides is 1. The van der Waals surface area contributed by atoms with Gasteiger partial charge in [0.15, 0.2) is 11.5 Å². The Morgan fingerprint density at radius 2 is 1.86 bits per heavy atom. The lowest BCUT2D eigenvalue weighted by molar-refractivity contribution is -0.385. The van der Waals surface area contributed by atoms with Crippen molar-refractivity contribution in [3.63, 3.8) is 0 Å². The molecule has 0 aromatic heterocycles. The molecule has 1 amide bonds. The quantitative estimate of drug-likeness (QED) is 0.179. The number of carbonyl (C=O) groups is 1. The third-order valence-corrected chi connectivity index (χ3v) is 5.51. The molecule has 194 valence electrons. The SMILES string of the molecule is CCOc1cc(C=NNC(=O)Cc2ccc(C(F)(F)F)cc2[N+](=O)[O-])cc(Br)c1OCc1ccccc1. The summed E-state index contributed by atoms with van der Waals surface area (Å²) in [4.78, 5) is 22.5. The van der Waals surface area contributed by atoms with Crippen molar-refractivity contribution >= 4 is 33.7 Å². The summed E-state index contributed by atoms with van der Waals surface area (Å²) in [6.07, 6.45) is -3.95. The standard InChI is InChI=1S/C25H21BrF3N3O5/c1-2-36-22-11-17(10-20(26)24(22)37-15-16-6-4-3-5-7-16)14-30-31-23(33)12-18-8-9-19(25(27,28)29)13-21(18)32(34)35/h3-11,13-14H,2,12,15H2,1H3,(H,31,33). The average Bonchev–Trinajstić information content (AvgIpc) is 2.84. The van der Waals surface area contributed by atoms with E-state index in [1.165, 1.54) is 6.21 Å². The second kappa shape index (κ2) is 12.3. The van der Waals surface area contributed by atoms with Crippen LogP contribution in [0, 0.1) is 10.1 Å². The zero-order chi connectivity index (χ0) is 27.0. The Labute approximate surface area is 218 Å². The Hall–Kier alpha value is -3.93. The number of nitrogens with one attached hydrogen (secondary N) is 1. The van der Waals surface area contributed by atoms with Gasteiger partial charge in [-0.25, -0.2) is 5.43 Å². The second-order valence-corrected chi connectivity index (χ2v) is 8.46. The molecule has 0 radical (unpaired) electrons. The number of hydrogen-bond donors (Lipinski definition) is 1. The van der Waals surface area contributed by atoms with Crippen LogP contribution in [0.25, 0.3) is 0 Å². The number of ether oxygens (including phenoxy) is 2. The number of nitro benzene ring substituents is 1. The number of carbonyl (C=O) groups excluding carboxylic acids is 1. The van der Waals surface area contributed by atoms with Crippen LogP contribution in [0.15, 0.2) is 70.2 Å². The molecule has 8 nitrogen and oxygen atoms in total. The topological polar surface area (TPSA) is 103 Å². The number of nitrogens with zero attached hydrogens (tertiary/aromatic N) is 2. The molecule has 0 bridgehead atoms. The molecule has 12 heteroatoms. The Balaban J connectivity index is 1.70. The van der Waals surface area contributed by atoms with Gasteiger partial charge in [0.2, 0.25) is 5.91 Å². The van der Waals surface area contributed by atoms with Crippen molar-refractivity contribution in [3.05, 3.63) is 97.5 Å². The van der Waals surface area contributed by atoms with Crippen LogP contribution in [-0.4, -0.2) is 23.7 Å². The van der Waals surface area contributed by atoms with E-state index in [4.69, 9.17) is 9.47 Å². The Kier molecular flexibility index (Phi) is 9.23. The zero-order valence-corrected chi connectivity index (χ0v) is 21.0. The zero-order valence-electron chi connectivity index (χ0n) is 19.4. The predicted molar refractivity (Wildman–Crippen MR) is 134 cm³/mol. The van der Waals surface area contributed by atoms with E-state index >= 15 is 0 Å². The van der Waals surface area contributed by atoms with Crippen LogP contribution in [0.1, 0.15) is 29.2 Å². The molecule has 0 saturated carbocycles. The van der Waals surface area contributed by atoms with E-state index in [1.807, 2.05) is 37.3 Å². The summed E-state index contributed by atoms with van der Waals surface area (Å²) in [7, 11) is 0. The molecule has 0 fully saturated rings. The first kappa shape index (κ1) is 27.7. The largest absolute Gasteiger partial charge is 0.490 e. The number of hydrazone groups is 1. The van der Waals surface area contributed by atoms with Crippen molar-refractivity contribution in [2.24, 2.45) is 5.10 Å². The maximum absolute atomic E-state index is 12.9. The maximum atomic E-state index is 12.9. The van der Waals surface area contributed by atoms with E-state index < -0.39 is 34.7 Å². The lowest BCUT2D eigenvalue weighted by Crippen LogP contribution is -2.20. The van der Waals surface area contributed by atoms with Gasteiger partial charge in [-0.05, 0) is 52.2 Å². The van der Waals surface area contributed by atoms with E-state index in [0.717, 1.165) is 11.6 Å².